The van der Waals surface area contributed by atoms with Gasteiger partial charge in [-0.05, 0) is 58.8 Å². The second-order valence-corrected chi connectivity index (χ2v) is 8.95. The van der Waals surface area contributed by atoms with E-state index in [1.54, 1.807) is 12.1 Å². The van der Waals surface area contributed by atoms with Gasteiger partial charge in [-0.15, -0.1) is 0 Å². The third kappa shape index (κ3) is 7.61. The number of para-hydroxylation sites is 1. The first-order valence-electron chi connectivity index (χ1n) is 10.1. The number of benzene rings is 2. The van der Waals surface area contributed by atoms with Crippen molar-refractivity contribution >= 4 is 69.3 Å². The van der Waals surface area contributed by atoms with Crippen molar-refractivity contribution in [2.24, 2.45) is 10.7 Å². The van der Waals surface area contributed by atoms with Gasteiger partial charge < -0.3 is 26.8 Å². The van der Waals surface area contributed by atoms with Crippen molar-refractivity contribution in [3.8, 4) is 5.75 Å². The number of carbonyl (C=O) groups is 1. The quantitative estimate of drug-likeness (QED) is 0.122. The van der Waals surface area contributed by atoms with E-state index in [0.717, 1.165) is 9.13 Å². The molecule has 0 spiro atoms. The molecule has 6 N–H and O–H groups in total. The molecule has 178 valence electrons. The van der Waals surface area contributed by atoms with Crippen molar-refractivity contribution in [1.82, 2.24) is 15.3 Å². The summed E-state index contributed by atoms with van der Waals surface area (Å²) in [7, 11) is 0. The summed E-state index contributed by atoms with van der Waals surface area (Å²) in [6.45, 7) is 1.30. The molecule has 0 aliphatic carbocycles. The zero-order chi connectivity index (χ0) is 24.5. The molecule has 0 fully saturated rings. The number of aromatic nitrogens is 2. The van der Waals surface area contributed by atoms with Crippen LogP contribution in [0.4, 0.5) is 11.6 Å². The van der Waals surface area contributed by atoms with Gasteiger partial charge in [0.1, 0.15) is 5.75 Å². The molecular weight excluding hydrogens is 592 g/mol. The predicted molar refractivity (Wildman–Crippen MR) is 143 cm³/mol. The summed E-state index contributed by atoms with van der Waals surface area (Å²) >= 11 is 14.5. The fourth-order valence-corrected chi connectivity index (χ4v) is 3.46. The molecule has 0 saturated heterocycles. The monoisotopic (exact) mass is 613 g/mol. The van der Waals surface area contributed by atoms with Crippen molar-refractivity contribution < 1.29 is 9.53 Å². The van der Waals surface area contributed by atoms with E-state index in [4.69, 9.17) is 39.4 Å². The number of nitrogens with zero attached hydrogens (tertiary/aromatic N) is 3. The third-order valence-electron chi connectivity index (χ3n) is 4.40. The first-order valence-corrected chi connectivity index (χ1v) is 12.0. The normalized spacial score (nSPS) is 11.2. The van der Waals surface area contributed by atoms with Gasteiger partial charge in [0.05, 0.1) is 11.6 Å². The molecule has 1 amide bonds. The number of ether oxygens (including phenoxy) is 1. The van der Waals surface area contributed by atoms with Crippen molar-refractivity contribution in [2.45, 2.75) is 13.0 Å². The largest absolute Gasteiger partial charge is 0.492 e. The fourth-order valence-electron chi connectivity index (χ4n) is 2.72. The highest BCUT2D eigenvalue weighted by Gasteiger charge is 2.17. The summed E-state index contributed by atoms with van der Waals surface area (Å²) in [5, 5.41) is 6.43. The number of anilines is 2. The first-order chi connectivity index (χ1) is 16.3. The maximum absolute atomic E-state index is 12.5. The van der Waals surface area contributed by atoms with E-state index in [0.29, 0.717) is 36.9 Å². The molecule has 0 unspecified atom stereocenters. The maximum atomic E-state index is 12.5. The Morgan fingerprint density at radius 2 is 1.85 bits per heavy atom. The number of rotatable bonds is 9. The van der Waals surface area contributed by atoms with Gasteiger partial charge >= 0.3 is 5.91 Å². The molecular formula is C22H22Cl2IN7O2. The van der Waals surface area contributed by atoms with Crippen LogP contribution in [-0.4, -0.2) is 35.0 Å². The van der Waals surface area contributed by atoms with Crippen molar-refractivity contribution in [3.05, 3.63) is 73.5 Å². The van der Waals surface area contributed by atoms with E-state index in [1.165, 1.54) is 0 Å². The number of hydrogen-bond donors (Lipinski definition) is 4. The standard InChI is InChI=1S/C22H22Cl2IN7O2/c23-15-4-1-2-5-16(15)34-11-3-10-28-22(27)32-21(33)17-19(26)31-20(18(24)30-17)29-12-13-6-8-14(25)9-7-13/h1-2,4-9H,3,10-12H2,(H3,26,29,31)(H3,27,28,32,33). The number of nitrogen functional groups attached to an aromatic ring is 1. The molecule has 0 saturated carbocycles. The molecule has 0 aliphatic heterocycles. The average molecular weight is 614 g/mol. The molecule has 1 aromatic heterocycles. The molecule has 3 rings (SSSR count). The maximum Gasteiger partial charge on any atom is 0.302 e. The molecule has 0 atom stereocenters. The minimum absolute atomic E-state index is 0.00140. The number of halogens is 3. The summed E-state index contributed by atoms with van der Waals surface area (Å²) in [6, 6.07) is 15.1. The lowest BCUT2D eigenvalue weighted by Crippen LogP contribution is -2.34. The number of nitrogens with one attached hydrogen (secondary N) is 2. The van der Waals surface area contributed by atoms with Gasteiger partial charge in [-0.1, -0.05) is 47.5 Å². The topological polar surface area (TPSA) is 141 Å². The summed E-state index contributed by atoms with van der Waals surface area (Å²) in [4.78, 5) is 24.4. The molecule has 9 nitrogen and oxygen atoms in total. The van der Waals surface area contributed by atoms with Crippen LogP contribution in [-0.2, 0) is 6.54 Å². The van der Waals surface area contributed by atoms with Gasteiger partial charge in [0.15, 0.2) is 28.4 Å². The van der Waals surface area contributed by atoms with Crippen LogP contribution in [0.5, 0.6) is 5.75 Å². The Hall–Kier alpha value is -2.83. The number of hydrogen-bond acceptors (Lipinski definition) is 6. The van der Waals surface area contributed by atoms with Crippen LogP contribution in [0.3, 0.4) is 0 Å². The van der Waals surface area contributed by atoms with Crippen LogP contribution >= 0.6 is 45.8 Å². The number of guanidine groups is 1. The van der Waals surface area contributed by atoms with E-state index < -0.39 is 5.91 Å². The van der Waals surface area contributed by atoms with Crippen LogP contribution < -0.4 is 26.8 Å². The highest BCUT2D eigenvalue weighted by atomic mass is 127. The Morgan fingerprint density at radius 1 is 1.12 bits per heavy atom. The minimum atomic E-state index is -0.756. The number of nitrogens with two attached hydrogens (primary N) is 2. The molecule has 2 aromatic carbocycles. The number of aliphatic imine (C=N–C) groups is 1. The van der Waals surface area contributed by atoms with Crippen LogP contribution in [0, 0.1) is 3.57 Å². The minimum Gasteiger partial charge on any atom is -0.492 e. The van der Waals surface area contributed by atoms with E-state index in [1.807, 2.05) is 36.4 Å². The summed E-state index contributed by atoms with van der Waals surface area (Å²) in [5.41, 5.74) is 12.5. The third-order valence-corrected chi connectivity index (χ3v) is 5.69. The van der Waals surface area contributed by atoms with Gasteiger partial charge in [-0.3, -0.25) is 4.79 Å². The summed E-state index contributed by atoms with van der Waals surface area (Å²) in [6.07, 6.45) is 0.602. The van der Waals surface area contributed by atoms with E-state index in [2.05, 4.69) is 48.2 Å². The molecule has 12 heteroatoms. The van der Waals surface area contributed by atoms with E-state index in [-0.39, 0.29) is 28.4 Å². The predicted octanol–water partition coefficient (Wildman–Crippen LogP) is 4.10. The number of carbonyl (C=O) groups excluding carboxylic acids is 1. The van der Waals surface area contributed by atoms with Gasteiger partial charge in [0.2, 0.25) is 0 Å². The Kier molecular flexibility index (Phi) is 9.54. The van der Waals surface area contributed by atoms with E-state index >= 15 is 0 Å². The highest BCUT2D eigenvalue weighted by Crippen LogP contribution is 2.23. The highest BCUT2D eigenvalue weighted by molar-refractivity contribution is 14.1. The average Bonchev–Trinajstić information content (AvgIpc) is 2.81. The zero-order valence-corrected chi connectivity index (χ0v) is 21.6. The van der Waals surface area contributed by atoms with Crippen LogP contribution in [0.25, 0.3) is 0 Å². The molecule has 1 heterocycles. The summed E-state index contributed by atoms with van der Waals surface area (Å²) < 4.78 is 6.72. The Balaban J connectivity index is 1.51. The lowest BCUT2D eigenvalue weighted by molar-refractivity contribution is 0.0998. The zero-order valence-electron chi connectivity index (χ0n) is 17.9. The molecule has 0 bridgehead atoms. The van der Waals surface area contributed by atoms with Crippen molar-refractivity contribution in [1.29, 1.82) is 0 Å². The number of amides is 1. The van der Waals surface area contributed by atoms with Gasteiger partial charge in [0, 0.05) is 16.7 Å². The van der Waals surface area contributed by atoms with Crippen molar-refractivity contribution in [2.75, 3.05) is 24.2 Å². The smallest absolute Gasteiger partial charge is 0.302 e. The Morgan fingerprint density at radius 3 is 2.59 bits per heavy atom. The van der Waals surface area contributed by atoms with Crippen LogP contribution in [0.2, 0.25) is 10.2 Å². The fraction of sp³-hybridized carbons (Fsp3) is 0.182. The molecule has 0 radical (unpaired) electrons. The van der Waals surface area contributed by atoms with Crippen LogP contribution in [0.15, 0.2) is 53.5 Å². The first kappa shape index (κ1) is 25.8. The SMILES string of the molecule is N/C(=N\C(=O)c1nc(Cl)c(NCc2ccc(I)cc2)nc1N)NCCCOc1ccccc1Cl. The molecule has 3 aromatic rings. The molecule has 34 heavy (non-hydrogen) atoms. The van der Waals surface area contributed by atoms with Gasteiger partial charge in [0.25, 0.3) is 0 Å². The Labute approximate surface area is 220 Å². The van der Waals surface area contributed by atoms with Crippen molar-refractivity contribution in [3.63, 3.8) is 0 Å². The van der Waals surface area contributed by atoms with E-state index in [9.17, 15) is 4.79 Å². The lowest BCUT2D eigenvalue weighted by atomic mass is 10.2. The van der Waals surface area contributed by atoms with Gasteiger partial charge in [-0.25, -0.2) is 9.97 Å². The summed E-state index contributed by atoms with van der Waals surface area (Å²) in [5.74, 6) is -0.0789. The van der Waals surface area contributed by atoms with Crippen LogP contribution in [0.1, 0.15) is 22.5 Å². The lowest BCUT2D eigenvalue weighted by Gasteiger charge is -2.10. The molecule has 0 aliphatic rings. The van der Waals surface area contributed by atoms with Gasteiger partial charge in [-0.2, -0.15) is 4.99 Å². The Bertz CT molecular complexity index is 1180. The second kappa shape index (κ2) is 12.6. The second-order valence-electron chi connectivity index (χ2n) is 6.94.